The van der Waals surface area contributed by atoms with Crippen molar-refractivity contribution in [2.45, 2.75) is 220 Å². The summed E-state index contributed by atoms with van der Waals surface area (Å²) in [6.45, 7) is 10.6. The second kappa shape index (κ2) is 36.7. The molecule has 0 aliphatic heterocycles. The van der Waals surface area contributed by atoms with Gasteiger partial charge in [0.2, 0.25) is 0 Å². The van der Waals surface area contributed by atoms with Crippen molar-refractivity contribution in [2.24, 2.45) is 11.8 Å². The maximum absolute atomic E-state index is 12.5. The van der Waals surface area contributed by atoms with Crippen LogP contribution in [0, 0.1) is 11.8 Å². The van der Waals surface area contributed by atoms with Gasteiger partial charge in [-0.05, 0) is 96.7 Å². The van der Waals surface area contributed by atoms with Gasteiger partial charge in [0.25, 0.3) is 0 Å². The Kier molecular flexibility index (Phi) is 35.5. The number of carbonyl (C=O) groups is 3. The quantitative estimate of drug-likeness (QED) is 0.0371. The van der Waals surface area contributed by atoms with Gasteiger partial charge in [0.15, 0.2) is 0 Å². The predicted molar refractivity (Wildman–Crippen MR) is 214 cm³/mol. The molecule has 7 nitrogen and oxygen atoms in total. The SMILES string of the molecule is CC.CCCCCC(CCCCC)CCOC(=O)CCCCCCCC(CCCCCCCC(=O)OCC1CCCC1)OC(=O)CCCN(C)C. The van der Waals surface area contributed by atoms with Crippen molar-refractivity contribution in [1.29, 1.82) is 0 Å². The number of rotatable bonds is 34. The molecule has 0 aromatic heterocycles. The lowest BCUT2D eigenvalue weighted by Crippen LogP contribution is -2.20. The first-order valence-corrected chi connectivity index (χ1v) is 22.0. The fourth-order valence-electron chi connectivity index (χ4n) is 7.06. The Morgan fingerprint density at radius 3 is 1.57 bits per heavy atom. The highest BCUT2D eigenvalue weighted by Gasteiger charge is 2.17. The van der Waals surface area contributed by atoms with Gasteiger partial charge in [-0.1, -0.05) is 130 Å². The molecular weight excluding hydrogens is 638 g/mol. The van der Waals surface area contributed by atoms with E-state index < -0.39 is 0 Å². The summed E-state index contributed by atoms with van der Waals surface area (Å²) >= 11 is 0. The van der Waals surface area contributed by atoms with Crippen molar-refractivity contribution in [1.82, 2.24) is 4.90 Å². The highest BCUT2D eigenvalue weighted by Crippen LogP contribution is 2.25. The number of nitrogens with zero attached hydrogens (tertiary/aromatic N) is 1. The molecule has 0 aromatic rings. The molecule has 0 bridgehead atoms. The molecule has 0 amide bonds. The van der Waals surface area contributed by atoms with Gasteiger partial charge in [0.05, 0.1) is 13.2 Å². The molecule has 0 saturated heterocycles. The second-order valence-corrected chi connectivity index (χ2v) is 15.3. The number of hydrogen-bond acceptors (Lipinski definition) is 7. The smallest absolute Gasteiger partial charge is 0.306 e. The lowest BCUT2D eigenvalue weighted by molar-refractivity contribution is -0.150. The van der Waals surface area contributed by atoms with E-state index >= 15 is 0 Å². The lowest BCUT2D eigenvalue weighted by atomic mass is 9.92. The van der Waals surface area contributed by atoms with Crippen LogP contribution < -0.4 is 0 Å². The van der Waals surface area contributed by atoms with Crippen molar-refractivity contribution < 1.29 is 28.6 Å². The standard InChI is InChI=1S/C42H79NO6.C2H6/c1-5-7-15-24-37(25-16-8-6-2)33-35-47-40(44)30-19-13-9-11-17-28-39(49-42(46)32-23-34-43(3)4)29-18-12-10-14-20-31-41(45)48-36-38-26-21-22-27-38;1-2/h37-39H,5-36H2,1-4H3;1-2H3. The van der Waals surface area contributed by atoms with Crippen LogP contribution in [0.5, 0.6) is 0 Å². The molecule has 1 aliphatic carbocycles. The molecule has 1 fully saturated rings. The average molecular weight is 724 g/mol. The van der Waals surface area contributed by atoms with Crippen molar-refractivity contribution in [2.75, 3.05) is 33.9 Å². The molecule has 7 heteroatoms. The highest BCUT2D eigenvalue weighted by molar-refractivity contribution is 5.70. The first-order valence-electron chi connectivity index (χ1n) is 22.0. The summed E-state index contributed by atoms with van der Waals surface area (Å²) in [6, 6.07) is 0. The summed E-state index contributed by atoms with van der Waals surface area (Å²) in [7, 11) is 4.05. The van der Waals surface area contributed by atoms with Crippen LogP contribution in [0.1, 0.15) is 214 Å². The van der Waals surface area contributed by atoms with Crippen LogP contribution in [0.4, 0.5) is 0 Å². The van der Waals surface area contributed by atoms with E-state index in [1.54, 1.807) is 0 Å². The van der Waals surface area contributed by atoms with E-state index in [1.165, 1.54) is 77.0 Å². The van der Waals surface area contributed by atoms with Crippen LogP contribution in [-0.2, 0) is 28.6 Å². The largest absolute Gasteiger partial charge is 0.466 e. The van der Waals surface area contributed by atoms with Crippen molar-refractivity contribution in [3.05, 3.63) is 0 Å². The lowest BCUT2D eigenvalue weighted by Gasteiger charge is -2.18. The van der Waals surface area contributed by atoms with Gasteiger partial charge in [-0.15, -0.1) is 0 Å². The Bertz CT molecular complexity index is 786. The molecular formula is C44H85NO6. The third kappa shape index (κ3) is 32.7. The number of unbranched alkanes of at least 4 members (excludes halogenated alkanes) is 12. The summed E-state index contributed by atoms with van der Waals surface area (Å²) in [5, 5.41) is 0. The number of carbonyl (C=O) groups excluding carboxylic acids is 3. The molecule has 0 radical (unpaired) electrons. The minimum Gasteiger partial charge on any atom is -0.466 e. The molecule has 0 heterocycles. The van der Waals surface area contributed by atoms with Crippen LogP contribution in [0.25, 0.3) is 0 Å². The molecule has 1 atom stereocenters. The van der Waals surface area contributed by atoms with E-state index in [2.05, 4.69) is 18.7 Å². The van der Waals surface area contributed by atoms with Crippen LogP contribution in [0.15, 0.2) is 0 Å². The van der Waals surface area contributed by atoms with Crippen molar-refractivity contribution >= 4 is 17.9 Å². The van der Waals surface area contributed by atoms with E-state index in [9.17, 15) is 14.4 Å². The molecule has 1 rings (SSSR count). The topological polar surface area (TPSA) is 82.1 Å². The third-order valence-corrected chi connectivity index (χ3v) is 10.3. The molecule has 0 spiro atoms. The molecule has 1 aliphatic rings. The summed E-state index contributed by atoms with van der Waals surface area (Å²) in [6.07, 6.45) is 30.7. The summed E-state index contributed by atoms with van der Waals surface area (Å²) in [5.74, 6) is 1.13. The van der Waals surface area contributed by atoms with Gasteiger partial charge >= 0.3 is 17.9 Å². The molecule has 302 valence electrons. The fraction of sp³-hybridized carbons (Fsp3) is 0.932. The first kappa shape index (κ1) is 49.4. The minimum atomic E-state index is -0.0743. The van der Waals surface area contributed by atoms with Gasteiger partial charge in [0, 0.05) is 19.3 Å². The Hall–Kier alpha value is -1.63. The molecule has 1 unspecified atom stereocenters. The first-order chi connectivity index (χ1) is 24.8. The minimum absolute atomic E-state index is 0.0137. The zero-order chi connectivity index (χ0) is 37.8. The van der Waals surface area contributed by atoms with Crippen LogP contribution in [0.2, 0.25) is 0 Å². The Balaban J connectivity index is 0.0000123. The third-order valence-electron chi connectivity index (χ3n) is 10.3. The van der Waals surface area contributed by atoms with E-state index in [-0.39, 0.29) is 24.0 Å². The van der Waals surface area contributed by atoms with Gasteiger partial charge in [0.1, 0.15) is 6.10 Å². The Labute approximate surface area is 316 Å². The van der Waals surface area contributed by atoms with E-state index in [1.807, 2.05) is 27.9 Å². The number of ether oxygens (including phenoxy) is 3. The monoisotopic (exact) mass is 724 g/mol. The number of hydrogen-bond donors (Lipinski definition) is 0. The molecule has 1 saturated carbocycles. The fourth-order valence-corrected chi connectivity index (χ4v) is 7.06. The van der Waals surface area contributed by atoms with E-state index in [4.69, 9.17) is 14.2 Å². The molecule has 0 N–H and O–H groups in total. The Morgan fingerprint density at radius 1 is 0.569 bits per heavy atom. The average Bonchev–Trinajstić information content (AvgIpc) is 3.64. The van der Waals surface area contributed by atoms with E-state index in [0.717, 1.165) is 96.4 Å². The Morgan fingerprint density at radius 2 is 1.04 bits per heavy atom. The molecule has 51 heavy (non-hydrogen) atoms. The number of esters is 3. The van der Waals surface area contributed by atoms with Crippen LogP contribution in [0.3, 0.4) is 0 Å². The van der Waals surface area contributed by atoms with Gasteiger partial charge in [-0.25, -0.2) is 0 Å². The van der Waals surface area contributed by atoms with Crippen molar-refractivity contribution in [3.63, 3.8) is 0 Å². The van der Waals surface area contributed by atoms with Crippen LogP contribution in [-0.4, -0.2) is 62.8 Å². The second-order valence-electron chi connectivity index (χ2n) is 15.3. The normalized spacial score (nSPS) is 13.6. The zero-order valence-corrected chi connectivity index (χ0v) is 34.8. The van der Waals surface area contributed by atoms with Crippen molar-refractivity contribution in [3.8, 4) is 0 Å². The summed E-state index contributed by atoms with van der Waals surface area (Å²) in [5.41, 5.74) is 0. The predicted octanol–water partition coefficient (Wildman–Crippen LogP) is 12.2. The summed E-state index contributed by atoms with van der Waals surface area (Å²) in [4.78, 5) is 39.0. The summed E-state index contributed by atoms with van der Waals surface area (Å²) < 4.78 is 17.0. The van der Waals surface area contributed by atoms with Gasteiger partial charge in [-0.3, -0.25) is 14.4 Å². The maximum Gasteiger partial charge on any atom is 0.306 e. The maximum atomic E-state index is 12.5. The molecule has 0 aromatic carbocycles. The van der Waals surface area contributed by atoms with Gasteiger partial charge in [-0.2, -0.15) is 0 Å². The van der Waals surface area contributed by atoms with Crippen LogP contribution >= 0.6 is 0 Å². The zero-order valence-electron chi connectivity index (χ0n) is 34.8. The van der Waals surface area contributed by atoms with E-state index in [0.29, 0.717) is 44.3 Å². The van der Waals surface area contributed by atoms with Gasteiger partial charge < -0.3 is 19.1 Å². The highest BCUT2D eigenvalue weighted by atomic mass is 16.5.